The van der Waals surface area contributed by atoms with Crippen LogP contribution in [0, 0.1) is 12.5 Å². The van der Waals surface area contributed by atoms with Crippen molar-refractivity contribution in [2.24, 2.45) is 0 Å². The molecule has 0 aliphatic heterocycles. The van der Waals surface area contributed by atoms with Crippen LogP contribution in [0.3, 0.4) is 0 Å². The highest BCUT2D eigenvalue weighted by Gasteiger charge is 2.35. The third-order valence-corrected chi connectivity index (χ3v) is 4.36. The molecule has 0 spiro atoms. The van der Waals surface area contributed by atoms with Crippen LogP contribution in [0.5, 0.6) is 0 Å². The van der Waals surface area contributed by atoms with E-state index in [0.717, 1.165) is 17.7 Å². The lowest BCUT2D eigenvalue weighted by atomic mass is 10.0. The van der Waals surface area contributed by atoms with E-state index in [1.54, 1.807) is 51.1 Å². The molecule has 1 aromatic carbocycles. The van der Waals surface area contributed by atoms with Crippen LogP contribution in [0.15, 0.2) is 30.3 Å². The Hall–Kier alpha value is -2.66. The van der Waals surface area contributed by atoms with Gasteiger partial charge in [0.1, 0.15) is 17.7 Å². The molecule has 164 valence electrons. The van der Waals surface area contributed by atoms with Gasteiger partial charge in [-0.15, -0.1) is 0 Å². The van der Waals surface area contributed by atoms with Gasteiger partial charge in [0, 0.05) is 18.3 Å². The Balaban J connectivity index is 3.13. The largest absolute Gasteiger partial charge is 0.444 e. The molecule has 8 heteroatoms. The van der Waals surface area contributed by atoms with Crippen LogP contribution in [-0.4, -0.2) is 46.7 Å². The SMILES string of the molecule is C#CN(C(=O)C(CS)NC(=O)OC(C)(C)C)C(C(=O)NCCCC)c1ccccc1. The zero-order chi connectivity index (χ0) is 22.7. The number of carbonyl (C=O) groups excluding carboxylic acids is 3. The lowest BCUT2D eigenvalue weighted by molar-refractivity contribution is -0.138. The van der Waals surface area contributed by atoms with Crippen LogP contribution in [0.2, 0.25) is 0 Å². The van der Waals surface area contributed by atoms with Gasteiger partial charge in [-0.05, 0) is 32.8 Å². The van der Waals surface area contributed by atoms with Crippen LogP contribution >= 0.6 is 12.6 Å². The molecule has 30 heavy (non-hydrogen) atoms. The second-order valence-electron chi connectivity index (χ2n) is 7.68. The first-order chi connectivity index (χ1) is 14.1. The van der Waals surface area contributed by atoms with E-state index in [2.05, 4.69) is 29.3 Å². The summed E-state index contributed by atoms with van der Waals surface area (Å²) in [7, 11) is 0. The molecule has 1 rings (SSSR count). The Bertz CT molecular complexity index is 756. The molecule has 0 saturated heterocycles. The Labute approximate surface area is 184 Å². The highest BCUT2D eigenvalue weighted by atomic mass is 32.1. The summed E-state index contributed by atoms with van der Waals surface area (Å²) in [5, 5.41) is 5.30. The predicted octanol–water partition coefficient (Wildman–Crippen LogP) is 2.89. The number of terminal acetylenes is 1. The number of thiol groups is 1. The quantitative estimate of drug-likeness (QED) is 0.242. The van der Waals surface area contributed by atoms with Gasteiger partial charge in [-0.2, -0.15) is 12.6 Å². The Morgan fingerprint density at radius 3 is 2.37 bits per heavy atom. The summed E-state index contributed by atoms with van der Waals surface area (Å²) in [5.74, 6) is -1.04. The first-order valence-corrected chi connectivity index (χ1v) is 10.5. The van der Waals surface area contributed by atoms with Gasteiger partial charge in [0.2, 0.25) is 5.91 Å². The number of carbonyl (C=O) groups is 3. The van der Waals surface area contributed by atoms with Crippen LogP contribution in [0.4, 0.5) is 4.79 Å². The number of amides is 3. The number of hydrogen-bond donors (Lipinski definition) is 3. The molecular weight excluding hydrogens is 402 g/mol. The number of nitrogens with one attached hydrogen (secondary N) is 2. The Morgan fingerprint density at radius 1 is 1.23 bits per heavy atom. The maximum atomic E-state index is 13.1. The zero-order valence-electron chi connectivity index (χ0n) is 18.0. The lowest BCUT2D eigenvalue weighted by Gasteiger charge is -2.30. The number of benzene rings is 1. The number of unbranched alkanes of at least 4 members (excludes halogenated alkanes) is 1. The lowest BCUT2D eigenvalue weighted by Crippen LogP contribution is -2.52. The minimum absolute atomic E-state index is 0.0186. The average molecular weight is 434 g/mol. The molecule has 2 atom stereocenters. The fraction of sp³-hybridized carbons (Fsp3) is 0.500. The van der Waals surface area contributed by atoms with Crippen LogP contribution in [0.25, 0.3) is 0 Å². The number of ether oxygens (including phenoxy) is 1. The maximum Gasteiger partial charge on any atom is 0.408 e. The summed E-state index contributed by atoms with van der Waals surface area (Å²) in [6.45, 7) is 7.62. The Kier molecular flexibility index (Phi) is 10.3. The summed E-state index contributed by atoms with van der Waals surface area (Å²) in [6.07, 6.45) is 6.58. The molecule has 2 unspecified atom stereocenters. The van der Waals surface area contributed by atoms with Crippen LogP contribution in [0.1, 0.15) is 52.1 Å². The van der Waals surface area contributed by atoms with E-state index >= 15 is 0 Å². The van der Waals surface area contributed by atoms with Crippen LogP contribution < -0.4 is 10.6 Å². The molecule has 0 aromatic heterocycles. The molecular formula is C22H31N3O4S. The van der Waals surface area contributed by atoms with Crippen molar-refractivity contribution >= 4 is 30.5 Å². The predicted molar refractivity (Wildman–Crippen MR) is 120 cm³/mol. The first-order valence-electron chi connectivity index (χ1n) is 9.87. The zero-order valence-corrected chi connectivity index (χ0v) is 18.9. The molecule has 1 aromatic rings. The highest BCUT2D eigenvalue weighted by molar-refractivity contribution is 7.80. The van der Waals surface area contributed by atoms with Crippen molar-refractivity contribution in [3.05, 3.63) is 35.9 Å². The minimum atomic E-state index is -1.06. The Morgan fingerprint density at radius 2 is 1.87 bits per heavy atom. The summed E-state index contributed by atoms with van der Waals surface area (Å²) < 4.78 is 5.21. The van der Waals surface area contributed by atoms with Crippen molar-refractivity contribution in [2.75, 3.05) is 12.3 Å². The van der Waals surface area contributed by atoms with E-state index < -0.39 is 35.6 Å². The van der Waals surface area contributed by atoms with E-state index in [1.807, 2.05) is 6.92 Å². The fourth-order valence-corrected chi connectivity index (χ4v) is 2.85. The molecule has 0 aliphatic carbocycles. The molecule has 0 radical (unpaired) electrons. The molecule has 0 saturated carbocycles. The number of nitrogens with zero attached hydrogens (tertiary/aromatic N) is 1. The number of alkyl carbamates (subject to hydrolysis) is 1. The summed E-state index contributed by atoms with van der Waals surface area (Å²) >= 11 is 4.16. The normalized spacial score (nSPS) is 12.8. The van der Waals surface area contributed by atoms with Gasteiger partial charge in [-0.25, -0.2) is 4.79 Å². The van der Waals surface area contributed by atoms with Crippen LogP contribution in [-0.2, 0) is 14.3 Å². The second kappa shape index (κ2) is 12.1. The van der Waals surface area contributed by atoms with Crippen molar-refractivity contribution < 1.29 is 19.1 Å². The molecule has 3 amide bonds. The van der Waals surface area contributed by atoms with Gasteiger partial charge in [-0.3, -0.25) is 14.5 Å². The molecule has 0 aliphatic rings. The van der Waals surface area contributed by atoms with E-state index in [1.165, 1.54) is 0 Å². The maximum absolute atomic E-state index is 13.1. The van der Waals surface area contributed by atoms with Gasteiger partial charge in [0.25, 0.3) is 5.91 Å². The van der Waals surface area contributed by atoms with Crippen molar-refractivity contribution in [2.45, 2.75) is 58.2 Å². The van der Waals surface area contributed by atoms with Crippen molar-refractivity contribution in [3.63, 3.8) is 0 Å². The van der Waals surface area contributed by atoms with Gasteiger partial charge in [0.15, 0.2) is 0 Å². The average Bonchev–Trinajstić information content (AvgIpc) is 2.69. The van der Waals surface area contributed by atoms with Gasteiger partial charge in [-0.1, -0.05) is 50.1 Å². The van der Waals surface area contributed by atoms with E-state index in [9.17, 15) is 14.4 Å². The van der Waals surface area contributed by atoms with E-state index in [4.69, 9.17) is 11.2 Å². The standard InChI is InChI=1S/C22H31N3O4S/c1-6-8-14-23-19(26)18(16-12-10-9-11-13-16)25(7-2)20(27)17(15-30)24-21(28)29-22(3,4)5/h2,9-13,17-18,30H,6,8,14-15H2,1,3-5H3,(H,23,26)(H,24,28). The van der Waals surface area contributed by atoms with Gasteiger partial charge < -0.3 is 15.4 Å². The van der Waals surface area contributed by atoms with Crippen molar-refractivity contribution in [3.8, 4) is 12.5 Å². The van der Waals surface area contributed by atoms with Crippen molar-refractivity contribution in [1.29, 1.82) is 0 Å². The van der Waals surface area contributed by atoms with Crippen molar-refractivity contribution in [1.82, 2.24) is 15.5 Å². The smallest absolute Gasteiger partial charge is 0.408 e. The first kappa shape index (κ1) is 25.4. The number of rotatable bonds is 9. The molecule has 0 heterocycles. The minimum Gasteiger partial charge on any atom is -0.444 e. The third kappa shape index (κ3) is 7.99. The summed E-state index contributed by atoms with van der Waals surface area (Å²) in [6, 6.07) is 8.97. The molecule has 2 N–H and O–H groups in total. The third-order valence-electron chi connectivity index (χ3n) is 4.00. The topological polar surface area (TPSA) is 87.7 Å². The van der Waals surface area contributed by atoms with E-state index in [0.29, 0.717) is 12.1 Å². The molecule has 7 nitrogen and oxygen atoms in total. The summed E-state index contributed by atoms with van der Waals surface area (Å²) in [5.41, 5.74) is -0.167. The molecule has 0 fully saturated rings. The van der Waals surface area contributed by atoms with E-state index in [-0.39, 0.29) is 5.75 Å². The second-order valence-corrected chi connectivity index (χ2v) is 8.04. The summed E-state index contributed by atoms with van der Waals surface area (Å²) in [4.78, 5) is 39.2. The van der Waals surface area contributed by atoms with Gasteiger partial charge >= 0.3 is 6.09 Å². The monoisotopic (exact) mass is 433 g/mol. The number of hydrogen-bond acceptors (Lipinski definition) is 5. The highest BCUT2D eigenvalue weighted by Crippen LogP contribution is 2.22. The fourth-order valence-electron chi connectivity index (χ4n) is 2.61. The van der Waals surface area contributed by atoms with Gasteiger partial charge in [0.05, 0.1) is 0 Å². The molecule has 0 bridgehead atoms.